The first-order valence-corrected chi connectivity index (χ1v) is 10.5. The van der Waals surface area contributed by atoms with Crippen molar-refractivity contribution in [3.05, 3.63) is 76.1 Å². The zero-order valence-electron chi connectivity index (χ0n) is 17.7. The van der Waals surface area contributed by atoms with Crippen LogP contribution in [0.2, 0.25) is 0 Å². The number of H-pyrrole nitrogens is 1. The number of imidazole rings is 1. The number of nitrogens with zero attached hydrogens (tertiary/aromatic N) is 2. The Balaban J connectivity index is 0.00000144. The normalized spacial score (nSPS) is 19.7. The molecule has 1 amide bonds. The monoisotopic (exact) mass is 475 g/mol. The highest BCUT2D eigenvalue weighted by Gasteiger charge is 2.32. The number of aromatic amines is 1. The van der Waals surface area contributed by atoms with Crippen LogP contribution in [0.3, 0.4) is 0 Å². The highest BCUT2D eigenvalue weighted by atomic mass is 35.5. The highest BCUT2D eigenvalue weighted by Crippen LogP contribution is 2.31. The lowest BCUT2D eigenvalue weighted by atomic mass is 9.84. The van der Waals surface area contributed by atoms with Gasteiger partial charge in [0.15, 0.2) is 0 Å². The zero-order valence-corrected chi connectivity index (χ0v) is 19.3. The van der Waals surface area contributed by atoms with Crippen LogP contribution in [0, 0.1) is 5.92 Å². The van der Waals surface area contributed by atoms with Crippen LogP contribution in [0.25, 0.3) is 11.3 Å². The number of amides is 1. The van der Waals surface area contributed by atoms with E-state index in [9.17, 15) is 9.59 Å². The lowest BCUT2D eigenvalue weighted by Gasteiger charge is -2.37. The van der Waals surface area contributed by atoms with Gasteiger partial charge in [-0.1, -0.05) is 30.3 Å². The SMILES string of the molecule is C[C@H](NC(=O)c1ccc2n(c1=O)C[C@@H]1CNC[C@H]2C1)c1ncc(-c2ccccc2)[nH]1.Cl.Cl. The Morgan fingerprint density at radius 1 is 1.16 bits per heavy atom. The number of fused-ring (bicyclic) bond motifs is 4. The van der Waals surface area contributed by atoms with E-state index >= 15 is 0 Å². The van der Waals surface area contributed by atoms with Gasteiger partial charge in [0, 0.05) is 24.7 Å². The standard InChI is InChI=1S/C23H25N5O2.2ClH/c1-14(21-25-12-19(27-21)16-5-3-2-4-6-16)26-22(29)18-7-8-20-17-9-15(10-24-11-17)13-28(20)23(18)30;;/h2-8,12,14-15,17,24H,9-11,13H2,1H3,(H,25,27)(H,26,29);2*1H/t14-,15-,17+;;/m0../s1. The molecule has 3 N–H and O–H groups in total. The van der Waals surface area contributed by atoms with E-state index in [4.69, 9.17) is 0 Å². The van der Waals surface area contributed by atoms with Gasteiger partial charge in [0.2, 0.25) is 0 Å². The topological polar surface area (TPSA) is 91.8 Å². The van der Waals surface area contributed by atoms with Crippen molar-refractivity contribution < 1.29 is 4.79 Å². The van der Waals surface area contributed by atoms with Gasteiger partial charge in [-0.05, 0) is 43.5 Å². The fourth-order valence-corrected chi connectivity index (χ4v) is 4.63. The number of benzene rings is 1. The van der Waals surface area contributed by atoms with Gasteiger partial charge < -0.3 is 20.2 Å². The summed E-state index contributed by atoms with van der Waals surface area (Å²) in [7, 11) is 0. The van der Waals surface area contributed by atoms with Crippen LogP contribution in [-0.2, 0) is 6.54 Å². The van der Waals surface area contributed by atoms with Crippen LogP contribution in [0.15, 0.2) is 53.5 Å². The lowest BCUT2D eigenvalue weighted by molar-refractivity contribution is 0.0935. The fourth-order valence-electron chi connectivity index (χ4n) is 4.63. The molecular formula is C23H27Cl2N5O2. The maximum atomic E-state index is 13.1. The number of carbonyl (C=O) groups is 1. The molecule has 1 saturated heterocycles. The minimum Gasteiger partial charge on any atom is -0.342 e. The number of hydrogen-bond donors (Lipinski definition) is 3. The molecular weight excluding hydrogens is 449 g/mol. The summed E-state index contributed by atoms with van der Waals surface area (Å²) in [6.07, 6.45) is 2.87. The molecule has 32 heavy (non-hydrogen) atoms. The third-order valence-corrected chi connectivity index (χ3v) is 6.19. The largest absolute Gasteiger partial charge is 0.342 e. The maximum absolute atomic E-state index is 13.1. The molecule has 1 aromatic carbocycles. The van der Waals surface area contributed by atoms with Crippen molar-refractivity contribution in [1.82, 2.24) is 25.2 Å². The molecule has 0 radical (unpaired) electrons. The second-order valence-corrected chi connectivity index (χ2v) is 8.29. The molecule has 3 aromatic rings. The molecule has 170 valence electrons. The Morgan fingerprint density at radius 2 is 1.94 bits per heavy atom. The van der Waals surface area contributed by atoms with Gasteiger partial charge in [-0.25, -0.2) is 4.98 Å². The lowest BCUT2D eigenvalue weighted by Crippen LogP contribution is -2.46. The molecule has 1 fully saturated rings. The molecule has 3 atom stereocenters. The minimum absolute atomic E-state index is 0. The van der Waals surface area contributed by atoms with Crippen molar-refractivity contribution in [2.45, 2.75) is 31.8 Å². The smallest absolute Gasteiger partial charge is 0.263 e. The summed E-state index contributed by atoms with van der Waals surface area (Å²) in [6.45, 7) is 4.35. The summed E-state index contributed by atoms with van der Waals surface area (Å²) in [6, 6.07) is 13.2. The Labute approximate surface area is 198 Å². The van der Waals surface area contributed by atoms with Crippen LogP contribution in [0.1, 0.15) is 47.2 Å². The second kappa shape index (κ2) is 9.90. The summed E-state index contributed by atoms with van der Waals surface area (Å²) in [5.74, 6) is 1.08. The number of halogens is 2. The van der Waals surface area contributed by atoms with E-state index in [0.29, 0.717) is 24.2 Å². The molecule has 7 nitrogen and oxygen atoms in total. The van der Waals surface area contributed by atoms with E-state index in [1.807, 2.05) is 43.3 Å². The van der Waals surface area contributed by atoms with Crippen molar-refractivity contribution in [2.75, 3.05) is 13.1 Å². The minimum atomic E-state index is -0.366. The van der Waals surface area contributed by atoms with Crippen molar-refractivity contribution in [2.24, 2.45) is 5.92 Å². The average Bonchev–Trinajstić information content (AvgIpc) is 3.26. The van der Waals surface area contributed by atoms with E-state index in [2.05, 4.69) is 20.6 Å². The van der Waals surface area contributed by atoms with Crippen molar-refractivity contribution in [3.63, 3.8) is 0 Å². The summed E-state index contributed by atoms with van der Waals surface area (Å²) >= 11 is 0. The quantitative estimate of drug-likeness (QED) is 0.539. The number of piperidine rings is 1. The molecule has 2 bridgehead atoms. The van der Waals surface area contributed by atoms with Crippen LogP contribution in [0.4, 0.5) is 0 Å². The highest BCUT2D eigenvalue weighted by molar-refractivity contribution is 5.94. The number of aromatic nitrogens is 3. The predicted molar refractivity (Wildman–Crippen MR) is 129 cm³/mol. The Morgan fingerprint density at radius 3 is 2.72 bits per heavy atom. The van der Waals surface area contributed by atoms with E-state index in [1.165, 1.54) is 0 Å². The number of rotatable bonds is 4. The van der Waals surface area contributed by atoms with Gasteiger partial charge in [-0.15, -0.1) is 24.8 Å². The van der Waals surface area contributed by atoms with Crippen molar-refractivity contribution >= 4 is 30.7 Å². The van der Waals surface area contributed by atoms with Crippen molar-refractivity contribution in [1.29, 1.82) is 0 Å². The summed E-state index contributed by atoms with van der Waals surface area (Å²) in [5, 5.41) is 6.35. The molecule has 5 rings (SSSR count). The molecule has 0 spiro atoms. The average molecular weight is 476 g/mol. The van der Waals surface area contributed by atoms with Crippen LogP contribution in [-0.4, -0.2) is 33.5 Å². The Kier molecular flexibility index (Phi) is 7.44. The van der Waals surface area contributed by atoms with Gasteiger partial charge in [-0.2, -0.15) is 0 Å². The molecule has 2 aliphatic rings. The van der Waals surface area contributed by atoms with Crippen LogP contribution >= 0.6 is 24.8 Å². The number of pyridine rings is 1. The van der Waals surface area contributed by atoms with E-state index < -0.39 is 0 Å². The third kappa shape index (κ3) is 4.46. The number of carbonyl (C=O) groups excluding carboxylic acids is 1. The first-order chi connectivity index (χ1) is 14.6. The maximum Gasteiger partial charge on any atom is 0.263 e. The van der Waals surface area contributed by atoms with Gasteiger partial charge in [0.1, 0.15) is 11.4 Å². The molecule has 0 saturated carbocycles. The van der Waals surface area contributed by atoms with Gasteiger partial charge in [0.25, 0.3) is 11.5 Å². The zero-order chi connectivity index (χ0) is 20.7. The molecule has 0 aliphatic carbocycles. The molecule has 0 unspecified atom stereocenters. The van der Waals surface area contributed by atoms with E-state index in [-0.39, 0.29) is 47.9 Å². The van der Waals surface area contributed by atoms with Gasteiger partial charge in [-0.3, -0.25) is 9.59 Å². The first-order valence-electron chi connectivity index (χ1n) is 10.5. The Bertz CT molecular complexity index is 1140. The molecule has 2 aliphatic heterocycles. The van der Waals surface area contributed by atoms with E-state index in [1.54, 1.807) is 16.8 Å². The third-order valence-electron chi connectivity index (χ3n) is 6.19. The predicted octanol–water partition coefficient (Wildman–Crippen LogP) is 3.28. The Hall–Kier alpha value is -2.61. The number of hydrogen-bond acceptors (Lipinski definition) is 4. The summed E-state index contributed by atoms with van der Waals surface area (Å²) < 4.78 is 1.81. The molecule has 4 heterocycles. The molecule has 2 aromatic heterocycles. The number of nitrogens with one attached hydrogen (secondary N) is 3. The van der Waals surface area contributed by atoms with Gasteiger partial charge >= 0.3 is 0 Å². The van der Waals surface area contributed by atoms with Crippen LogP contribution in [0.5, 0.6) is 0 Å². The fraction of sp³-hybridized carbons (Fsp3) is 0.348. The summed E-state index contributed by atoms with van der Waals surface area (Å²) in [5.41, 5.74) is 2.95. The second-order valence-electron chi connectivity index (χ2n) is 8.29. The van der Waals surface area contributed by atoms with Gasteiger partial charge in [0.05, 0.1) is 17.9 Å². The summed E-state index contributed by atoms with van der Waals surface area (Å²) in [4.78, 5) is 33.6. The van der Waals surface area contributed by atoms with Crippen molar-refractivity contribution in [3.8, 4) is 11.3 Å². The van der Waals surface area contributed by atoms with Crippen LogP contribution < -0.4 is 16.2 Å². The first kappa shape index (κ1) is 24.0. The van der Waals surface area contributed by atoms with E-state index in [0.717, 1.165) is 36.5 Å². The molecule has 9 heteroatoms.